The molecule has 0 radical (unpaired) electrons. The van der Waals surface area contributed by atoms with E-state index in [1.807, 2.05) is 0 Å². The van der Waals surface area contributed by atoms with E-state index in [4.69, 9.17) is 0 Å². The van der Waals surface area contributed by atoms with Crippen LogP contribution >= 0.6 is 0 Å². The summed E-state index contributed by atoms with van der Waals surface area (Å²) in [6.07, 6.45) is -0.155. The average Bonchev–Trinajstić information content (AvgIpc) is 2.62. The first-order valence-electron chi connectivity index (χ1n) is 8.47. The van der Waals surface area contributed by atoms with Crippen LogP contribution in [-0.2, 0) is 22.6 Å². The number of likely N-dealkylation sites (N-methyl/N-ethyl adjacent to an activating group) is 1. The summed E-state index contributed by atoms with van der Waals surface area (Å²) in [5, 5.41) is 2.68. The molecule has 0 aliphatic heterocycles. The Morgan fingerprint density at radius 2 is 1.73 bits per heavy atom. The summed E-state index contributed by atoms with van der Waals surface area (Å²) >= 11 is 0. The zero-order chi connectivity index (χ0) is 19.1. The Hall–Kier alpha value is -2.76. The lowest BCUT2D eigenvalue weighted by Crippen LogP contribution is -2.48. The van der Waals surface area contributed by atoms with Crippen LogP contribution in [0.1, 0.15) is 25.0 Å². The van der Waals surface area contributed by atoms with E-state index in [1.54, 1.807) is 44.2 Å². The highest BCUT2D eigenvalue weighted by Gasteiger charge is 2.26. The summed E-state index contributed by atoms with van der Waals surface area (Å²) < 4.78 is 27.0. The van der Waals surface area contributed by atoms with Gasteiger partial charge in [-0.05, 0) is 43.2 Å². The molecule has 0 fully saturated rings. The van der Waals surface area contributed by atoms with Crippen molar-refractivity contribution in [2.24, 2.45) is 0 Å². The molecule has 0 aliphatic rings. The van der Waals surface area contributed by atoms with Gasteiger partial charge in [0.15, 0.2) is 0 Å². The van der Waals surface area contributed by atoms with E-state index >= 15 is 0 Å². The molecule has 2 aromatic rings. The van der Waals surface area contributed by atoms with E-state index in [0.717, 1.165) is 0 Å². The Kier molecular flexibility index (Phi) is 6.83. The SMILES string of the molecule is CCNC(=O)[C@H](C)N(Cc1ccc(F)cc1)C(=O)Cc1ccccc1F. The van der Waals surface area contributed by atoms with Crippen LogP contribution in [-0.4, -0.2) is 29.3 Å². The lowest BCUT2D eigenvalue weighted by Gasteiger charge is -2.29. The van der Waals surface area contributed by atoms with E-state index in [1.165, 1.54) is 23.1 Å². The second-order valence-corrected chi connectivity index (χ2v) is 5.99. The number of halogens is 2. The lowest BCUT2D eigenvalue weighted by molar-refractivity contribution is -0.140. The molecule has 0 aliphatic carbocycles. The molecule has 1 N–H and O–H groups in total. The number of rotatable bonds is 7. The number of benzene rings is 2. The number of nitrogens with one attached hydrogen (secondary N) is 1. The first-order valence-corrected chi connectivity index (χ1v) is 8.47. The highest BCUT2D eigenvalue weighted by Crippen LogP contribution is 2.14. The Bertz CT molecular complexity index is 763. The minimum atomic E-state index is -0.737. The van der Waals surface area contributed by atoms with E-state index in [0.29, 0.717) is 12.1 Å². The highest BCUT2D eigenvalue weighted by atomic mass is 19.1. The van der Waals surface area contributed by atoms with Crippen molar-refractivity contribution in [2.45, 2.75) is 32.9 Å². The number of hydrogen-bond donors (Lipinski definition) is 1. The van der Waals surface area contributed by atoms with Crippen LogP contribution in [0.25, 0.3) is 0 Å². The molecule has 138 valence electrons. The topological polar surface area (TPSA) is 49.4 Å². The molecule has 4 nitrogen and oxygen atoms in total. The zero-order valence-electron chi connectivity index (χ0n) is 14.8. The van der Waals surface area contributed by atoms with Crippen molar-refractivity contribution < 1.29 is 18.4 Å². The molecule has 1 atom stereocenters. The van der Waals surface area contributed by atoms with Gasteiger partial charge in [0.05, 0.1) is 6.42 Å². The van der Waals surface area contributed by atoms with Crippen LogP contribution in [0.15, 0.2) is 48.5 Å². The van der Waals surface area contributed by atoms with E-state index in [-0.39, 0.29) is 36.2 Å². The largest absolute Gasteiger partial charge is 0.355 e. The first-order chi connectivity index (χ1) is 12.4. The number of hydrogen-bond acceptors (Lipinski definition) is 2. The van der Waals surface area contributed by atoms with Crippen molar-refractivity contribution in [2.75, 3.05) is 6.54 Å². The quantitative estimate of drug-likeness (QED) is 0.825. The molecule has 0 saturated heterocycles. The van der Waals surface area contributed by atoms with Crippen LogP contribution in [0.5, 0.6) is 0 Å². The third kappa shape index (κ3) is 5.12. The van der Waals surface area contributed by atoms with Crippen LogP contribution in [0, 0.1) is 11.6 Å². The summed E-state index contributed by atoms with van der Waals surface area (Å²) in [5.74, 6) is -1.52. The second-order valence-electron chi connectivity index (χ2n) is 5.99. The monoisotopic (exact) mass is 360 g/mol. The molecule has 0 unspecified atom stereocenters. The number of nitrogens with zero attached hydrogens (tertiary/aromatic N) is 1. The lowest BCUT2D eigenvalue weighted by atomic mass is 10.1. The van der Waals surface area contributed by atoms with Gasteiger partial charge in [-0.15, -0.1) is 0 Å². The summed E-state index contributed by atoms with van der Waals surface area (Å²) in [6.45, 7) is 3.98. The highest BCUT2D eigenvalue weighted by molar-refractivity contribution is 5.88. The predicted molar refractivity (Wildman–Crippen MR) is 95.2 cm³/mol. The fourth-order valence-electron chi connectivity index (χ4n) is 2.60. The van der Waals surface area contributed by atoms with Gasteiger partial charge < -0.3 is 10.2 Å². The zero-order valence-corrected chi connectivity index (χ0v) is 14.8. The summed E-state index contributed by atoms with van der Waals surface area (Å²) in [5.41, 5.74) is 0.953. The summed E-state index contributed by atoms with van der Waals surface area (Å²) in [7, 11) is 0. The third-order valence-corrected chi connectivity index (χ3v) is 4.08. The average molecular weight is 360 g/mol. The van der Waals surface area contributed by atoms with Gasteiger partial charge in [0.1, 0.15) is 17.7 Å². The molecular formula is C20H22F2N2O2. The van der Waals surface area contributed by atoms with Crippen molar-refractivity contribution in [3.05, 3.63) is 71.3 Å². The van der Waals surface area contributed by atoms with Gasteiger partial charge in [0.2, 0.25) is 11.8 Å². The van der Waals surface area contributed by atoms with Gasteiger partial charge in [-0.1, -0.05) is 30.3 Å². The molecule has 0 saturated carbocycles. The van der Waals surface area contributed by atoms with Gasteiger partial charge in [0.25, 0.3) is 0 Å². The fraction of sp³-hybridized carbons (Fsp3) is 0.300. The van der Waals surface area contributed by atoms with Crippen molar-refractivity contribution in [1.82, 2.24) is 10.2 Å². The van der Waals surface area contributed by atoms with Gasteiger partial charge in [-0.25, -0.2) is 8.78 Å². The van der Waals surface area contributed by atoms with Crippen LogP contribution < -0.4 is 5.32 Å². The maximum atomic E-state index is 13.9. The summed E-state index contributed by atoms with van der Waals surface area (Å²) in [4.78, 5) is 26.4. The van der Waals surface area contributed by atoms with Gasteiger partial charge in [-0.2, -0.15) is 0 Å². The molecule has 2 rings (SSSR count). The Morgan fingerprint density at radius 1 is 1.08 bits per heavy atom. The Balaban J connectivity index is 2.23. The molecule has 0 aromatic heterocycles. The van der Waals surface area contributed by atoms with Crippen molar-refractivity contribution >= 4 is 11.8 Å². The normalized spacial score (nSPS) is 11.7. The van der Waals surface area contributed by atoms with Crippen LogP contribution in [0.4, 0.5) is 8.78 Å². The van der Waals surface area contributed by atoms with Gasteiger partial charge in [-0.3, -0.25) is 9.59 Å². The first kappa shape index (κ1) is 19.6. The standard InChI is InChI=1S/C20H22F2N2O2/c1-3-23-20(26)14(2)24(13-15-8-10-17(21)11-9-15)19(25)12-16-6-4-5-7-18(16)22/h4-11,14H,3,12-13H2,1-2H3,(H,23,26)/t14-/m0/s1. The van der Waals surface area contributed by atoms with Crippen molar-refractivity contribution in [3.63, 3.8) is 0 Å². The molecule has 0 spiro atoms. The minimum Gasteiger partial charge on any atom is -0.355 e. The molecule has 2 aromatic carbocycles. The van der Waals surface area contributed by atoms with E-state index < -0.39 is 11.9 Å². The van der Waals surface area contributed by atoms with Crippen LogP contribution in [0.2, 0.25) is 0 Å². The molecular weight excluding hydrogens is 338 g/mol. The summed E-state index contributed by atoms with van der Waals surface area (Å²) in [6, 6.07) is 11.0. The smallest absolute Gasteiger partial charge is 0.242 e. The van der Waals surface area contributed by atoms with Gasteiger partial charge in [0, 0.05) is 13.1 Å². The second kappa shape index (κ2) is 9.08. The van der Waals surface area contributed by atoms with E-state index in [9.17, 15) is 18.4 Å². The molecule has 0 bridgehead atoms. The molecule has 26 heavy (non-hydrogen) atoms. The maximum Gasteiger partial charge on any atom is 0.242 e. The van der Waals surface area contributed by atoms with Crippen molar-refractivity contribution in [3.8, 4) is 0 Å². The third-order valence-electron chi connectivity index (χ3n) is 4.08. The molecule has 2 amide bonds. The predicted octanol–water partition coefficient (Wildman–Crippen LogP) is 3.06. The van der Waals surface area contributed by atoms with Gasteiger partial charge >= 0.3 is 0 Å². The Morgan fingerprint density at radius 3 is 2.35 bits per heavy atom. The number of amides is 2. The van der Waals surface area contributed by atoms with Crippen LogP contribution in [0.3, 0.4) is 0 Å². The number of carbonyl (C=O) groups excluding carboxylic acids is 2. The van der Waals surface area contributed by atoms with E-state index in [2.05, 4.69) is 5.32 Å². The minimum absolute atomic E-state index is 0.131. The van der Waals surface area contributed by atoms with Crippen molar-refractivity contribution in [1.29, 1.82) is 0 Å². The maximum absolute atomic E-state index is 13.9. The molecule has 6 heteroatoms. The fourth-order valence-corrected chi connectivity index (χ4v) is 2.60. The Labute approximate surface area is 151 Å². The number of carbonyl (C=O) groups is 2. The molecule has 0 heterocycles.